The van der Waals surface area contributed by atoms with Gasteiger partial charge in [-0.25, -0.2) is 0 Å². The molecule has 1 atom stereocenters. The fourth-order valence-electron chi connectivity index (χ4n) is 1.35. The molecule has 0 aliphatic carbocycles. The van der Waals surface area contributed by atoms with E-state index in [1.165, 1.54) is 0 Å². The van der Waals surface area contributed by atoms with E-state index in [9.17, 15) is 18.0 Å². The van der Waals surface area contributed by atoms with Gasteiger partial charge in [-0.2, -0.15) is 13.2 Å². The predicted octanol–water partition coefficient (Wildman–Crippen LogP) is 2.71. The molecule has 0 aliphatic rings. The van der Waals surface area contributed by atoms with Crippen LogP contribution in [0.25, 0.3) is 0 Å². The largest absolute Gasteiger partial charge is 0.455 e. The molecule has 1 aromatic rings. The Morgan fingerprint density at radius 1 is 1.32 bits per heavy atom. The van der Waals surface area contributed by atoms with Crippen LogP contribution >= 0.6 is 11.6 Å². The minimum atomic E-state index is -4.54. The average molecular weight is 296 g/mol. The molecule has 0 heterocycles. The van der Waals surface area contributed by atoms with E-state index in [4.69, 9.17) is 17.3 Å². The van der Waals surface area contributed by atoms with Crippen LogP contribution < -0.4 is 5.73 Å². The molecular formula is C12H13ClF3NO2. The van der Waals surface area contributed by atoms with Crippen molar-refractivity contribution in [2.24, 2.45) is 5.73 Å². The molecule has 0 bridgehead atoms. The van der Waals surface area contributed by atoms with Gasteiger partial charge in [0.15, 0.2) is 6.61 Å². The molecule has 1 aromatic carbocycles. The van der Waals surface area contributed by atoms with E-state index in [1.54, 1.807) is 24.3 Å². The summed E-state index contributed by atoms with van der Waals surface area (Å²) >= 11 is 5.70. The number of carbonyl (C=O) groups excluding carboxylic acids is 1. The van der Waals surface area contributed by atoms with Crippen molar-refractivity contribution in [1.82, 2.24) is 0 Å². The highest BCUT2D eigenvalue weighted by Crippen LogP contribution is 2.15. The van der Waals surface area contributed by atoms with Crippen molar-refractivity contribution in [3.8, 4) is 0 Å². The maximum atomic E-state index is 11.8. The summed E-state index contributed by atoms with van der Waals surface area (Å²) in [5.74, 6) is -1.05. The summed E-state index contributed by atoms with van der Waals surface area (Å²) < 4.78 is 39.6. The SMILES string of the molecule is N[C@@H](CCc1ccc(Cl)cc1)C(=O)OCC(F)(F)F. The van der Waals surface area contributed by atoms with Gasteiger partial charge in [-0.3, -0.25) is 4.79 Å². The van der Waals surface area contributed by atoms with Gasteiger partial charge in [0.2, 0.25) is 0 Å². The quantitative estimate of drug-likeness (QED) is 0.850. The van der Waals surface area contributed by atoms with E-state index in [0.717, 1.165) is 5.56 Å². The lowest BCUT2D eigenvalue weighted by atomic mass is 10.1. The smallest absolute Gasteiger partial charge is 0.422 e. The number of rotatable bonds is 5. The van der Waals surface area contributed by atoms with Gasteiger partial charge in [-0.15, -0.1) is 0 Å². The van der Waals surface area contributed by atoms with Crippen molar-refractivity contribution >= 4 is 17.6 Å². The number of alkyl halides is 3. The zero-order chi connectivity index (χ0) is 14.5. The van der Waals surface area contributed by atoms with Crippen molar-refractivity contribution in [3.63, 3.8) is 0 Å². The summed E-state index contributed by atoms with van der Waals surface area (Å²) in [5, 5.41) is 0.581. The number of esters is 1. The third-order valence-corrected chi connectivity index (χ3v) is 2.59. The van der Waals surface area contributed by atoms with E-state index in [2.05, 4.69) is 4.74 Å². The van der Waals surface area contributed by atoms with Gasteiger partial charge in [-0.05, 0) is 30.5 Å². The van der Waals surface area contributed by atoms with E-state index in [1.807, 2.05) is 0 Å². The molecule has 0 unspecified atom stereocenters. The van der Waals surface area contributed by atoms with Crippen LogP contribution in [0.15, 0.2) is 24.3 Å². The van der Waals surface area contributed by atoms with E-state index in [0.29, 0.717) is 11.4 Å². The van der Waals surface area contributed by atoms with Crippen LogP contribution in [-0.2, 0) is 16.0 Å². The molecule has 3 nitrogen and oxygen atoms in total. The third-order valence-electron chi connectivity index (χ3n) is 2.34. The molecule has 0 radical (unpaired) electrons. The Kier molecular flexibility index (Phi) is 5.62. The highest BCUT2D eigenvalue weighted by Gasteiger charge is 2.30. The Morgan fingerprint density at radius 2 is 1.89 bits per heavy atom. The van der Waals surface area contributed by atoms with Crippen LogP contribution in [0.5, 0.6) is 0 Å². The Hall–Kier alpha value is -1.27. The van der Waals surface area contributed by atoms with Gasteiger partial charge in [-0.1, -0.05) is 23.7 Å². The highest BCUT2D eigenvalue weighted by molar-refractivity contribution is 6.30. The second-order valence-corrected chi connectivity index (χ2v) is 4.43. The van der Waals surface area contributed by atoms with Gasteiger partial charge < -0.3 is 10.5 Å². The first-order valence-electron chi connectivity index (χ1n) is 5.51. The van der Waals surface area contributed by atoms with Crippen LogP contribution in [0, 0.1) is 0 Å². The van der Waals surface area contributed by atoms with Crippen molar-refractivity contribution in [1.29, 1.82) is 0 Å². The topological polar surface area (TPSA) is 52.3 Å². The van der Waals surface area contributed by atoms with Gasteiger partial charge >= 0.3 is 12.1 Å². The molecule has 0 fully saturated rings. The summed E-state index contributed by atoms with van der Waals surface area (Å²) in [6.45, 7) is -1.61. The normalized spacial score (nSPS) is 13.1. The third kappa shape index (κ3) is 6.45. The van der Waals surface area contributed by atoms with Crippen molar-refractivity contribution in [3.05, 3.63) is 34.9 Å². The van der Waals surface area contributed by atoms with Crippen LogP contribution in [0.2, 0.25) is 5.02 Å². The fraction of sp³-hybridized carbons (Fsp3) is 0.417. The average Bonchev–Trinajstić information content (AvgIpc) is 2.34. The zero-order valence-electron chi connectivity index (χ0n) is 9.91. The molecule has 0 aliphatic heterocycles. The second kappa shape index (κ2) is 6.77. The van der Waals surface area contributed by atoms with E-state index >= 15 is 0 Å². The first kappa shape index (κ1) is 15.8. The Labute approximate surface area is 113 Å². The maximum Gasteiger partial charge on any atom is 0.422 e. The summed E-state index contributed by atoms with van der Waals surface area (Å²) in [6, 6.07) is 5.82. The summed E-state index contributed by atoms with van der Waals surface area (Å²) in [4.78, 5) is 11.2. The lowest BCUT2D eigenvalue weighted by molar-refractivity contribution is -0.187. The lowest BCUT2D eigenvalue weighted by Crippen LogP contribution is -2.35. The molecule has 106 valence electrons. The zero-order valence-corrected chi connectivity index (χ0v) is 10.7. The van der Waals surface area contributed by atoms with Crippen molar-refractivity contribution < 1.29 is 22.7 Å². The molecule has 7 heteroatoms. The molecule has 0 saturated heterocycles. The number of halogens is 4. The Morgan fingerprint density at radius 3 is 2.42 bits per heavy atom. The number of benzene rings is 1. The first-order valence-corrected chi connectivity index (χ1v) is 5.89. The molecule has 1 rings (SSSR count). The van der Waals surface area contributed by atoms with Gasteiger partial charge in [0.25, 0.3) is 0 Å². The molecule has 0 amide bonds. The summed E-state index contributed by atoms with van der Waals surface area (Å²) in [7, 11) is 0. The number of carbonyl (C=O) groups is 1. The summed E-state index contributed by atoms with van der Waals surface area (Å²) in [5.41, 5.74) is 6.35. The molecule has 0 aromatic heterocycles. The predicted molar refractivity (Wildman–Crippen MR) is 64.8 cm³/mol. The van der Waals surface area contributed by atoms with E-state index < -0.39 is 24.8 Å². The molecule has 0 saturated carbocycles. The van der Waals surface area contributed by atoms with Crippen LogP contribution in [0.3, 0.4) is 0 Å². The van der Waals surface area contributed by atoms with Crippen molar-refractivity contribution in [2.45, 2.75) is 25.1 Å². The highest BCUT2D eigenvalue weighted by atomic mass is 35.5. The van der Waals surface area contributed by atoms with Crippen LogP contribution in [0.4, 0.5) is 13.2 Å². The minimum Gasteiger partial charge on any atom is -0.455 e. The minimum absolute atomic E-state index is 0.207. The van der Waals surface area contributed by atoms with Gasteiger partial charge in [0.05, 0.1) is 0 Å². The second-order valence-electron chi connectivity index (χ2n) is 3.99. The van der Waals surface area contributed by atoms with Crippen LogP contribution in [0.1, 0.15) is 12.0 Å². The van der Waals surface area contributed by atoms with Gasteiger partial charge in [0.1, 0.15) is 6.04 Å². The molecule has 19 heavy (non-hydrogen) atoms. The number of aryl methyl sites for hydroxylation is 1. The number of ether oxygens (including phenoxy) is 1. The molecule has 2 N–H and O–H groups in total. The number of nitrogens with two attached hydrogens (primary N) is 1. The Balaban J connectivity index is 2.36. The fourth-order valence-corrected chi connectivity index (χ4v) is 1.48. The Bertz CT molecular complexity index is 420. The number of hydrogen-bond donors (Lipinski definition) is 1. The lowest BCUT2D eigenvalue weighted by Gasteiger charge is -2.12. The standard InChI is InChI=1S/C12H13ClF3NO2/c13-9-4-1-8(2-5-9)3-6-10(17)11(18)19-7-12(14,15)16/h1-2,4-5,10H,3,6-7,17H2/t10-/m0/s1. The summed E-state index contributed by atoms with van der Waals surface area (Å²) in [6.07, 6.45) is -3.87. The van der Waals surface area contributed by atoms with Crippen LogP contribution in [-0.4, -0.2) is 24.8 Å². The molecule has 0 spiro atoms. The van der Waals surface area contributed by atoms with Crippen molar-refractivity contribution in [2.75, 3.05) is 6.61 Å². The first-order chi connectivity index (χ1) is 8.78. The number of hydrogen-bond acceptors (Lipinski definition) is 3. The maximum absolute atomic E-state index is 11.8. The van der Waals surface area contributed by atoms with Gasteiger partial charge in [0, 0.05) is 5.02 Å². The molecular weight excluding hydrogens is 283 g/mol. The monoisotopic (exact) mass is 295 g/mol. The van der Waals surface area contributed by atoms with E-state index in [-0.39, 0.29) is 6.42 Å².